The molecule has 6 heteroatoms. The van der Waals surface area contributed by atoms with E-state index in [0.717, 1.165) is 6.20 Å². The molecule has 0 bridgehead atoms. The number of rotatable bonds is 2. The van der Waals surface area contributed by atoms with Crippen LogP contribution < -0.4 is 10.6 Å². The minimum Gasteiger partial charge on any atom is -0.378 e. The molecule has 1 amide bonds. The molecule has 0 aliphatic carbocycles. The van der Waals surface area contributed by atoms with Crippen molar-refractivity contribution in [2.75, 3.05) is 31.2 Å². The molecule has 0 aromatic carbocycles. The topological polar surface area (TPSA) is 68.5 Å². The molecule has 0 spiro atoms. The summed E-state index contributed by atoms with van der Waals surface area (Å²) in [6.07, 6.45) is 0.990. The van der Waals surface area contributed by atoms with E-state index in [0.29, 0.717) is 32.0 Å². The minimum atomic E-state index is -0.651. The Hall–Kier alpha value is -1.69. The Morgan fingerprint density at radius 2 is 2.19 bits per heavy atom. The van der Waals surface area contributed by atoms with Crippen LogP contribution in [-0.2, 0) is 4.74 Å². The highest BCUT2D eigenvalue weighted by Gasteiger charge is 2.19. The zero-order chi connectivity index (χ0) is 11.5. The first-order chi connectivity index (χ1) is 7.68. The summed E-state index contributed by atoms with van der Waals surface area (Å²) in [5.74, 6) is -1.13. The molecule has 0 radical (unpaired) electrons. The van der Waals surface area contributed by atoms with E-state index in [1.54, 1.807) is 0 Å². The van der Waals surface area contributed by atoms with Gasteiger partial charge in [-0.15, -0.1) is 0 Å². The highest BCUT2D eigenvalue weighted by Crippen LogP contribution is 2.20. The lowest BCUT2D eigenvalue weighted by Crippen LogP contribution is -2.37. The third kappa shape index (κ3) is 2.11. The van der Waals surface area contributed by atoms with E-state index in [9.17, 15) is 9.18 Å². The molecule has 1 fully saturated rings. The van der Waals surface area contributed by atoms with Gasteiger partial charge in [0.1, 0.15) is 5.82 Å². The first-order valence-electron chi connectivity index (χ1n) is 4.96. The second-order valence-corrected chi connectivity index (χ2v) is 3.48. The van der Waals surface area contributed by atoms with Gasteiger partial charge in [-0.05, 0) is 0 Å². The summed E-state index contributed by atoms with van der Waals surface area (Å²) in [5.41, 5.74) is 5.73. The molecule has 1 aromatic heterocycles. The van der Waals surface area contributed by atoms with Gasteiger partial charge in [-0.25, -0.2) is 9.37 Å². The van der Waals surface area contributed by atoms with Gasteiger partial charge in [0.05, 0.1) is 25.1 Å². The van der Waals surface area contributed by atoms with Crippen LogP contribution >= 0.6 is 0 Å². The molecular weight excluding hydrogens is 213 g/mol. The van der Waals surface area contributed by atoms with E-state index in [1.165, 1.54) is 6.07 Å². The quantitative estimate of drug-likeness (QED) is 0.778. The second kappa shape index (κ2) is 4.44. The van der Waals surface area contributed by atoms with E-state index in [4.69, 9.17) is 10.5 Å². The largest absolute Gasteiger partial charge is 0.378 e. The summed E-state index contributed by atoms with van der Waals surface area (Å²) < 4.78 is 18.3. The number of carbonyl (C=O) groups excluding carboxylic acids is 1. The predicted molar refractivity (Wildman–Crippen MR) is 55.7 cm³/mol. The number of hydrogen-bond acceptors (Lipinski definition) is 4. The fourth-order valence-electron chi connectivity index (χ4n) is 1.66. The smallest absolute Gasteiger partial charge is 0.269 e. The first kappa shape index (κ1) is 10.8. The lowest BCUT2D eigenvalue weighted by Gasteiger charge is -2.29. The van der Waals surface area contributed by atoms with Crippen LogP contribution in [0.4, 0.5) is 10.1 Å². The van der Waals surface area contributed by atoms with E-state index < -0.39 is 11.7 Å². The number of amides is 1. The van der Waals surface area contributed by atoms with Gasteiger partial charge in [0.15, 0.2) is 5.69 Å². The maximum Gasteiger partial charge on any atom is 0.269 e. The van der Waals surface area contributed by atoms with Gasteiger partial charge in [-0.1, -0.05) is 0 Å². The van der Waals surface area contributed by atoms with Crippen LogP contribution in [-0.4, -0.2) is 37.2 Å². The highest BCUT2D eigenvalue weighted by atomic mass is 19.1. The van der Waals surface area contributed by atoms with Crippen molar-refractivity contribution in [3.05, 3.63) is 23.8 Å². The van der Waals surface area contributed by atoms with Crippen LogP contribution in [0.2, 0.25) is 0 Å². The fourth-order valence-corrected chi connectivity index (χ4v) is 1.66. The Morgan fingerprint density at radius 3 is 2.81 bits per heavy atom. The lowest BCUT2D eigenvalue weighted by atomic mass is 10.2. The maximum atomic E-state index is 13.1. The molecule has 1 saturated heterocycles. The third-order valence-electron chi connectivity index (χ3n) is 2.42. The van der Waals surface area contributed by atoms with Gasteiger partial charge in [0, 0.05) is 19.2 Å². The molecule has 2 N–H and O–H groups in total. The number of anilines is 1. The number of morpholine rings is 1. The van der Waals surface area contributed by atoms with E-state index >= 15 is 0 Å². The van der Waals surface area contributed by atoms with Gasteiger partial charge in [0.25, 0.3) is 5.91 Å². The molecule has 1 aromatic rings. The van der Waals surface area contributed by atoms with Crippen LogP contribution in [0.5, 0.6) is 0 Å². The van der Waals surface area contributed by atoms with Gasteiger partial charge in [-0.2, -0.15) is 0 Å². The SMILES string of the molecule is NC(=O)c1ncc(F)cc1N1CCOCC1. The molecule has 5 nitrogen and oxygen atoms in total. The summed E-state index contributed by atoms with van der Waals surface area (Å²) in [5, 5.41) is 0. The molecule has 0 atom stereocenters. The van der Waals surface area contributed by atoms with Gasteiger partial charge in [-0.3, -0.25) is 4.79 Å². The molecule has 2 rings (SSSR count). The van der Waals surface area contributed by atoms with Crippen molar-refractivity contribution in [2.45, 2.75) is 0 Å². The molecule has 0 saturated carbocycles. The van der Waals surface area contributed by atoms with Crippen molar-refractivity contribution in [3.63, 3.8) is 0 Å². The number of nitrogens with two attached hydrogens (primary N) is 1. The predicted octanol–water partition coefficient (Wildman–Crippen LogP) is 0.156. The molecule has 2 heterocycles. The number of hydrogen-bond donors (Lipinski definition) is 1. The zero-order valence-electron chi connectivity index (χ0n) is 8.65. The average Bonchev–Trinajstić information content (AvgIpc) is 2.29. The average molecular weight is 225 g/mol. The summed E-state index contributed by atoms with van der Waals surface area (Å²) >= 11 is 0. The molecule has 86 valence electrons. The second-order valence-electron chi connectivity index (χ2n) is 3.48. The zero-order valence-corrected chi connectivity index (χ0v) is 8.65. The van der Waals surface area contributed by atoms with Crippen LogP contribution in [0.1, 0.15) is 10.5 Å². The Morgan fingerprint density at radius 1 is 1.50 bits per heavy atom. The Labute approximate surface area is 92.0 Å². The summed E-state index contributed by atoms with van der Waals surface area (Å²) in [4.78, 5) is 16.7. The lowest BCUT2D eigenvalue weighted by molar-refractivity contribution is 0.0993. The number of ether oxygens (including phenoxy) is 1. The summed E-state index contributed by atoms with van der Waals surface area (Å²) in [6.45, 7) is 2.31. The Bertz CT molecular complexity index is 405. The van der Waals surface area contributed by atoms with E-state index in [1.807, 2.05) is 4.90 Å². The number of nitrogens with zero attached hydrogens (tertiary/aromatic N) is 2. The number of primary amides is 1. The number of carbonyl (C=O) groups is 1. The van der Waals surface area contributed by atoms with Crippen molar-refractivity contribution in [1.29, 1.82) is 0 Å². The number of halogens is 1. The van der Waals surface area contributed by atoms with Crippen LogP contribution in [0, 0.1) is 5.82 Å². The van der Waals surface area contributed by atoms with Crippen LogP contribution in [0.25, 0.3) is 0 Å². The van der Waals surface area contributed by atoms with Gasteiger partial charge < -0.3 is 15.4 Å². The summed E-state index contributed by atoms with van der Waals surface area (Å²) in [6, 6.07) is 1.28. The standard InChI is InChI=1S/C10H12FN3O2/c11-7-5-8(9(10(12)15)13-6-7)14-1-3-16-4-2-14/h5-6H,1-4H2,(H2,12,15). The Kier molecular flexibility index (Phi) is 3.00. The van der Waals surface area contributed by atoms with Gasteiger partial charge in [0.2, 0.25) is 0 Å². The normalized spacial score (nSPS) is 16.2. The molecule has 16 heavy (non-hydrogen) atoms. The van der Waals surface area contributed by atoms with E-state index in [-0.39, 0.29) is 5.69 Å². The van der Waals surface area contributed by atoms with E-state index in [2.05, 4.69) is 4.98 Å². The van der Waals surface area contributed by atoms with Gasteiger partial charge >= 0.3 is 0 Å². The first-order valence-corrected chi connectivity index (χ1v) is 4.96. The van der Waals surface area contributed by atoms with Crippen LogP contribution in [0.3, 0.4) is 0 Å². The number of pyridine rings is 1. The molecule has 1 aliphatic rings. The minimum absolute atomic E-state index is 0.100. The van der Waals surface area contributed by atoms with Crippen molar-refractivity contribution in [1.82, 2.24) is 4.98 Å². The van der Waals surface area contributed by atoms with Crippen LogP contribution in [0.15, 0.2) is 12.3 Å². The van der Waals surface area contributed by atoms with Crippen molar-refractivity contribution >= 4 is 11.6 Å². The molecule has 0 unspecified atom stereocenters. The molecular formula is C10H12FN3O2. The van der Waals surface area contributed by atoms with Crippen molar-refractivity contribution in [2.24, 2.45) is 5.73 Å². The number of aromatic nitrogens is 1. The summed E-state index contributed by atoms with van der Waals surface area (Å²) in [7, 11) is 0. The Balaban J connectivity index is 2.36. The van der Waals surface area contributed by atoms with Crippen molar-refractivity contribution in [3.8, 4) is 0 Å². The maximum absolute atomic E-state index is 13.1. The van der Waals surface area contributed by atoms with Crippen molar-refractivity contribution < 1.29 is 13.9 Å². The monoisotopic (exact) mass is 225 g/mol. The fraction of sp³-hybridized carbons (Fsp3) is 0.400. The highest BCUT2D eigenvalue weighted by molar-refractivity contribution is 5.96. The molecule has 1 aliphatic heterocycles. The third-order valence-corrected chi connectivity index (χ3v) is 2.42.